The highest BCUT2D eigenvalue weighted by molar-refractivity contribution is 6.02. The van der Waals surface area contributed by atoms with Crippen LogP contribution in [-0.4, -0.2) is 29.6 Å². The Morgan fingerprint density at radius 1 is 1.04 bits per heavy atom. The molecular formula is C22H19NO4. The van der Waals surface area contributed by atoms with Crippen LogP contribution in [0.3, 0.4) is 0 Å². The van der Waals surface area contributed by atoms with E-state index in [0.29, 0.717) is 6.54 Å². The lowest BCUT2D eigenvalue weighted by Gasteiger charge is -2.22. The molecule has 1 unspecified atom stereocenters. The summed E-state index contributed by atoms with van der Waals surface area (Å²) >= 11 is 0. The summed E-state index contributed by atoms with van der Waals surface area (Å²) in [6.07, 6.45) is -0.164. The van der Waals surface area contributed by atoms with Crippen molar-refractivity contribution >= 4 is 28.3 Å². The molecule has 1 heterocycles. The largest absolute Gasteiger partial charge is 0.507 e. The lowest BCUT2D eigenvalue weighted by atomic mass is 10.1. The number of benzene rings is 3. The van der Waals surface area contributed by atoms with Crippen molar-refractivity contribution in [1.29, 1.82) is 0 Å². The molecular weight excluding hydrogens is 342 g/mol. The molecule has 3 aromatic rings. The number of phenolic OH excluding ortho intramolecular Hbond substituents is 1. The lowest BCUT2D eigenvalue weighted by Crippen LogP contribution is -2.39. The van der Waals surface area contributed by atoms with E-state index in [4.69, 9.17) is 4.74 Å². The zero-order valence-corrected chi connectivity index (χ0v) is 14.9. The number of fused-ring (bicyclic) bond motifs is 2. The van der Waals surface area contributed by atoms with Gasteiger partial charge in [0.2, 0.25) is 0 Å². The van der Waals surface area contributed by atoms with Crippen molar-refractivity contribution in [3.8, 4) is 5.75 Å². The number of hydrogen-bond donors (Lipinski definition) is 1. The van der Waals surface area contributed by atoms with Gasteiger partial charge in [0.1, 0.15) is 11.3 Å². The molecule has 5 nitrogen and oxygen atoms in total. The number of phenols is 1. The number of nitrogens with zero attached hydrogens (tertiary/aromatic N) is 1. The molecule has 1 aliphatic rings. The van der Waals surface area contributed by atoms with E-state index < -0.39 is 12.1 Å². The van der Waals surface area contributed by atoms with Gasteiger partial charge in [-0.2, -0.15) is 0 Å². The van der Waals surface area contributed by atoms with Crippen LogP contribution in [0.5, 0.6) is 5.75 Å². The van der Waals surface area contributed by atoms with E-state index in [-0.39, 0.29) is 17.2 Å². The number of hydrogen-bond acceptors (Lipinski definition) is 4. The lowest BCUT2D eigenvalue weighted by molar-refractivity contribution is -0.126. The molecule has 0 bridgehead atoms. The molecule has 1 atom stereocenters. The van der Waals surface area contributed by atoms with Gasteiger partial charge in [0.15, 0.2) is 6.10 Å². The first kappa shape index (κ1) is 17.1. The molecule has 0 aromatic heterocycles. The molecule has 27 heavy (non-hydrogen) atoms. The third kappa shape index (κ3) is 3.12. The average molecular weight is 361 g/mol. The normalized spacial score (nSPS) is 14.0. The Bertz CT molecular complexity index is 1040. The maximum absolute atomic E-state index is 12.8. The molecule has 0 fully saturated rings. The second-order valence-corrected chi connectivity index (χ2v) is 6.63. The molecule has 1 N–H and O–H groups in total. The van der Waals surface area contributed by atoms with Crippen molar-refractivity contribution in [3.63, 3.8) is 0 Å². The highest BCUT2D eigenvalue weighted by Gasteiger charge is 2.30. The Morgan fingerprint density at radius 2 is 1.70 bits per heavy atom. The minimum absolute atomic E-state index is 0.0511. The molecule has 0 spiro atoms. The van der Waals surface area contributed by atoms with Crippen LogP contribution in [0.25, 0.3) is 10.8 Å². The summed E-state index contributed by atoms with van der Waals surface area (Å²) in [5.74, 6) is -1.15. The number of rotatable bonds is 3. The fourth-order valence-corrected chi connectivity index (χ4v) is 3.45. The quantitative estimate of drug-likeness (QED) is 0.723. The van der Waals surface area contributed by atoms with Crippen LogP contribution < -0.4 is 4.90 Å². The third-order valence-electron chi connectivity index (χ3n) is 4.87. The third-order valence-corrected chi connectivity index (χ3v) is 4.87. The Hall–Kier alpha value is -3.34. The van der Waals surface area contributed by atoms with E-state index in [1.165, 1.54) is 6.07 Å². The van der Waals surface area contributed by atoms with Crippen molar-refractivity contribution < 1.29 is 19.4 Å². The predicted molar refractivity (Wildman–Crippen MR) is 103 cm³/mol. The standard InChI is InChI=1S/C22H19NO4/c1-14(21(25)23-11-10-15-6-4-5-9-19(15)23)27-22(26)18-12-16-7-2-3-8-17(16)13-20(18)24/h2-9,12-14,24H,10-11H2,1H3. The van der Waals surface area contributed by atoms with Gasteiger partial charge in [0, 0.05) is 12.2 Å². The van der Waals surface area contributed by atoms with Gasteiger partial charge in [0.25, 0.3) is 5.91 Å². The Balaban J connectivity index is 1.53. The highest BCUT2D eigenvalue weighted by Crippen LogP contribution is 2.29. The Kier molecular flexibility index (Phi) is 4.28. The van der Waals surface area contributed by atoms with Crippen molar-refractivity contribution in [2.75, 3.05) is 11.4 Å². The van der Waals surface area contributed by atoms with Gasteiger partial charge >= 0.3 is 5.97 Å². The predicted octanol–water partition coefficient (Wildman–Crippen LogP) is 3.68. The van der Waals surface area contributed by atoms with Crippen LogP contribution in [0.2, 0.25) is 0 Å². The number of carbonyl (C=O) groups excluding carboxylic acids is 2. The summed E-state index contributed by atoms with van der Waals surface area (Å²) in [7, 11) is 0. The summed E-state index contributed by atoms with van der Waals surface area (Å²) in [5, 5.41) is 11.8. The second kappa shape index (κ2) is 6.76. The summed E-state index contributed by atoms with van der Waals surface area (Å²) in [6, 6.07) is 18.2. The number of para-hydroxylation sites is 1. The molecule has 5 heteroatoms. The number of esters is 1. The van der Waals surface area contributed by atoms with Crippen LogP contribution in [0.1, 0.15) is 22.8 Å². The number of carbonyl (C=O) groups is 2. The molecule has 4 rings (SSSR count). The first-order valence-corrected chi connectivity index (χ1v) is 8.86. The topological polar surface area (TPSA) is 66.8 Å². The van der Waals surface area contributed by atoms with Crippen molar-refractivity contribution in [2.45, 2.75) is 19.4 Å². The molecule has 136 valence electrons. The molecule has 1 amide bonds. The average Bonchev–Trinajstić information content (AvgIpc) is 3.10. The number of ether oxygens (including phenoxy) is 1. The number of amides is 1. The van der Waals surface area contributed by atoms with Gasteiger partial charge in [-0.15, -0.1) is 0 Å². The summed E-state index contributed by atoms with van der Waals surface area (Å²) in [6.45, 7) is 2.13. The van der Waals surface area contributed by atoms with Crippen LogP contribution in [-0.2, 0) is 16.0 Å². The molecule has 0 saturated heterocycles. The van der Waals surface area contributed by atoms with Crippen molar-refractivity contribution in [1.82, 2.24) is 0 Å². The summed E-state index contributed by atoms with van der Waals surface area (Å²) in [5.41, 5.74) is 2.02. The smallest absolute Gasteiger partial charge is 0.342 e. The maximum Gasteiger partial charge on any atom is 0.342 e. The zero-order valence-electron chi connectivity index (χ0n) is 14.9. The molecule has 0 saturated carbocycles. The van der Waals surface area contributed by atoms with Gasteiger partial charge < -0.3 is 14.7 Å². The molecule has 1 aliphatic heterocycles. The summed E-state index contributed by atoms with van der Waals surface area (Å²) < 4.78 is 5.37. The van der Waals surface area contributed by atoms with E-state index in [1.807, 2.05) is 48.5 Å². The maximum atomic E-state index is 12.8. The van der Waals surface area contributed by atoms with Crippen molar-refractivity contribution in [3.05, 3.63) is 71.8 Å². The van der Waals surface area contributed by atoms with Gasteiger partial charge in [0.05, 0.1) is 0 Å². The second-order valence-electron chi connectivity index (χ2n) is 6.63. The minimum atomic E-state index is -0.950. The van der Waals surface area contributed by atoms with Gasteiger partial charge in [-0.25, -0.2) is 4.79 Å². The van der Waals surface area contributed by atoms with Crippen LogP contribution in [0.4, 0.5) is 5.69 Å². The van der Waals surface area contributed by atoms with Gasteiger partial charge in [-0.05, 0) is 47.9 Å². The van der Waals surface area contributed by atoms with E-state index in [1.54, 1.807) is 17.9 Å². The molecule has 3 aromatic carbocycles. The number of anilines is 1. The van der Waals surface area contributed by atoms with Crippen LogP contribution in [0, 0.1) is 0 Å². The SMILES string of the molecule is CC(OC(=O)c1cc2ccccc2cc1O)C(=O)N1CCc2ccccc21. The molecule has 0 radical (unpaired) electrons. The van der Waals surface area contributed by atoms with Gasteiger partial charge in [-0.3, -0.25) is 4.79 Å². The zero-order chi connectivity index (χ0) is 19.0. The fourth-order valence-electron chi connectivity index (χ4n) is 3.45. The summed E-state index contributed by atoms with van der Waals surface area (Å²) in [4.78, 5) is 26.9. The van der Waals surface area contributed by atoms with E-state index in [2.05, 4.69) is 0 Å². The van der Waals surface area contributed by atoms with Gasteiger partial charge in [-0.1, -0.05) is 42.5 Å². The fraction of sp³-hybridized carbons (Fsp3) is 0.182. The van der Waals surface area contributed by atoms with Crippen LogP contribution in [0.15, 0.2) is 60.7 Å². The first-order chi connectivity index (χ1) is 13.0. The Labute approximate surface area is 156 Å². The van der Waals surface area contributed by atoms with E-state index >= 15 is 0 Å². The highest BCUT2D eigenvalue weighted by atomic mass is 16.5. The monoisotopic (exact) mass is 361 g/mol. The minimum Gasteiger partial charge on any atom is -0.507 e. The van der Waals surface area contributed by atoms with E-state index in [0.717, 1.165) is 28.4 Å². The van der Waals surface area contributed by atoms with Crippen LogP contribution >= 0.6 is 0 Å². The molecule has 0 aliphatic carbocycles. The van der Waals surface area contributed by atoms with E-state index in [9.17, 15) is 14.7 Å². The van der Waals surface area contributed by atoms with Crippen molar-refractivity contribution in [2.24, 2.45) is 0 Å². The Morgan fingerprint density at radius 3 is 2.48 bits per heavy atom. The number of aromatic hydroxyl groups is 1. The first-order valence-electron chi connectivity index (χ1n) is 8.86.